The zero-order valence-corrected chi connectivity index (χ0v) is 20.3. The molecule has 0 spiro atoms. The Labute approximate surface area is 217 Å². The van der Waals surface area contributed by atoms with E-state index in [2.05, 4.69) is 35.7 Å². The fraction of sp³-hybridized carbons (Fsp3) is 0.125. The number of aromatic amines is 1. The molecule has 0 aliphatic carbocycles. The van der Waals surface area contributed by atoms with E-state index >= 15 is 0 Å². The average Bonchev–Trinajstić information content (AvgIpc) is 3.47. The summed E-state index contributed by atoms with van der Waals surface area (Å²) in [7, 11) is 1.83. The fourth-order valence-electron chi connectivity index (χ4n) is 3.86. The minimum Gasteiger partial charge on any atom is -0.406 e. The fourth-order valence-corrected chi connectivity index (χ4v) is 4.02. The van der Waals surface area contributed by atoms with Gasteiger partial charge in [0, 0.05) is 17.6 Å². The van der Waals surface area contributed by atoms with Crippen molar-refractivity contribution in [3.63, 3.8) is 0 Å². The summed E-state index contributed by atoms with van der Waals surface area (Å²) < 4.78 is 45.3. The van der Waals surface area contributed by atoms with Gasteiger partial charge in [0.2, 0.25) is 11.6 Å². The second-order valence-corrected chi connectivity index (χ2v) is 8.57. The van der Waals surface area contributed by atoms with Crippen LogP contribution in [0.25, 0.3) is 11.0 Å². The predicted octanol–water partition coefficient (Wildman–Crippen LogP) is 4.58. The van der Waals surface area contributed by atoms with Gasteiger partial charge in [-0.3, -0.25) is 10.1 Å². The van der Waals surface area contributed by atoms with Crippen LogP contribution in [0.15, 0.2) is 71.7 Å². The quantitative estimate of drug-likeness (QED) is 0.326. The van der Waals surface area contributed by atoms with Crippen LogP contribution in [0.3, 0.4) is 0 Å². The molecule has 0 aliphatic rings. The number of halogens is 4. The number of hydrogen-bond acceptors (Lipinski definition) is 6. The van der Waals surface area contributed by atoms with Gasteiger partial charge >= 0.3 is 6.36 Å². The maximum atomic E-state index is 12.5. The number of tetrazole rings is 1. The minimum absolute atomic E-state index is 0.131. The van der Waals surface area contributed by atoms with E-state index in [1.165, 1.54) is 24.3 Å². The molecule has 2 aromatic heterocycles. The van der Waals surface area contributed by atoms with Crippen molar-refractivity contribution in [2.24, 2.45) is 12.0 Å². The Morgan fingerprint density at radius 3 is 2.47 bits per heavy atom. The number of carbonyl (C=O) groups is 1. The van der Waals surface area contributed by atoms with E-state index in [1.54, 1.807) is 30.3 Å². The van der Waals surface area contributed by atoms with Crippen molar-refractivity contribution >= 4 is 40.2 Å². The number of ether oxygens (including phenoxy) is 1. The summed E-state index contributed by atoms with van der Waals surface area (Å²) in [6, 6.07) is 17.7. The van der Waals surface area contributed by atoms with Crippen molar-refractivity contribution in [3.8, 4) is 5.75 Å². The van der Waals surface area contributed by atoms with E-state index < -0.39 is 6.36 Å². The number of amides is 1. The van der Waals surface area contributed by atoms with E-state index in [1.807, 2.05) is 28.3 Å². The molecule has 14 heteroatoms. The van der Waals surface area contributed by atoms with Crippen LogP contribution in [0.4, 0.5) is 24.8 Å². The number of anilines is 1. The number of benzene rings is 3. The monoisotopic (exact) mass is 542 g/mol. The molecule has 194 valence electrons. The lowest BCUT2D eigenvalue weighted by atomic mass is 10.1. The van der Waals surface area contributed by atoms with Crippen LogP contribution in [0.2, 0.25) is 5.02 Å². The highest BCUT2D eigenvalue weighted by molar-refractivity contribution is 6.31. The molecule has 2 N–H and O–H groups in total. The first-order valence-electron chi connectivity index (χ1n) is 11.1. The number of imidazole rings is 1. The average molecular weight is 543 g/mol. The molecule has 5 rings (SSSR count). The smallest absolute Gasteiger partial charge is 0.406 e. The van der Waals surface area contributed by atoms with Crippen LogP contribution >= 0.6 is 11.6 Å². The number of aromatic nitrogens is 6. The first-order chi connectivity index (χ1) is 18.2. The number of nitrogens with one attached hydrogen (secondary N) is 2. The van der Waals surface area contributed by atoms with E-state index in [0.717, 1.165) is 16.6 Å². The van der Waals surface area contributed by atoms with Crippen LogP contribution in [-0.2, 0) is 13.6 Å². The van der Waals surface area contributed by atoms with E-state index in [0.29, 0.717) is 28.4 Å². The Hall–Kier alpha value is -4.65. The van der Waals surface area contributed by atoms with Gasteiger partial charge in [-0.1, -0.05) is 28.8 Å². The molecule has 10 nitrogen and oxygen atoms in total. The van der Waals surface area contributed by atoms with Crippen molar-refractivity contribution in [1.29, 1.82) is 0 Å². The number of aryl methyl sites for hydroxylation is 1. The molecular formula is C24H18ClF3N8O2. The van der Waals surface area contributed by atoms with E-state index in [9.17, 15) is 18.0 Å². The maximum absolute atomic E-state index is 12.5. The normalized spacial score (nSPS) is 12.2. The molecule has 0 saturated carbocycles. The van der Waals surface area contributed by atoms with Gasteiger partial charge in [-0.2, -0.15) is 0 Å². The summed E-state index contributed by atoms with van der Waals surface area (Å²) in [5.41, 5.74) is 3.88. The molecule has 0 fully saturated rings. The second-order valence-electron chi connectivity index (χ2n) is 8.13. The largest absolute Gasteiger partial charge is 0.573 e. The summed E-state index contributed by atoms with van der Waals surface area (Å²) in [5, 5.41) is 16.0. The second kappa shape index (κ2) is 10.0. The van der Waals surface area contributed by atoms with Crippen LogP contribution in [-0.4, -0.2) is 42.0 Å². The number of alkyl halides is 3. The molecule has 38 heavy (non-hydrogen) atoms. The summed E-state index contributed by atoms with van der Waals surface area (Å²) in [6.07, 6.45) is -4.78. The first kappa shape index (κ1) is 25.0. The third-order valence-corrected chi connectivity index (χ3v) is 5.80. The van der Waals surface area contributed by atoms with Crippen molar-refractivity contribution in [2.75, 3.05) is 5.32 Å². The van der Waals surface area contributed by atoms with Gasteiger partial charge in [0.05, 0.1) is 23.3 Å². The van der Waals surface area contributed by atoms with Gasteiger partial charge < -0.3 is 13.9 Å². The number of hydrogen-bond donors (Lipinski definition) is 2. The molecule has 0 aliphatic heterocycles. The molecule has 0 saturated heterocycles. The van der Waals surface area contributed by atoms with Crippen LogP contribution in [0.1, 0.15) is 15.9 Å². The highest BCUT2D eigenvalue weighted by atomic mass is 35.5. The van der Waals surface area contributed by atoms with Crippen LogP contribution in [0.5, 0.6) is 5.75 Å². The number of fused-ring (bicyclic) bond motifs is 1. The van der Waals surface area contributed by atoms with Gasteiger partial charge in [0.1, 0.15) is 5.75 Å². The zero-order chi connectivity index (χ0) is 26.9. The lowest BCUT2D eigenvalue weighted by Crippen LogP contribution is -2.24. The molecule has 2 heterocycles. The number of carbonyl (C=O) groups excluding carboxylic acids is 1. The van der Waals surface area contributed by atoms with Crippen LogP contribution < -0.4 is 15.7 Å². The molecular weight excluding hydrogens is 525 g/mol. The van der Waals surface area contributed by atoms with Crippen LogP contribution in [0, 0.1) is 0 Å². The Morgan fingerprint density at radius 2 is 1.82 bits per heavy atom. The summed E-state index contributed by atoms with van der Waals surface area (Å²) in [6.45, 7) is 0.375. The minimum atomic E-state index is -4.78. The molecule has 3 aromatic carbocycles. The summed E-state index contributed by atoms with van der Waals surface area (Å²) in [5.74, 6) is -0.586. The molecule has 0 unspecified atom stereocenters. The Bertz CT molecular complexity index is 1660. The Kier molecular flexibility index (Phi) is 6.59. The van der Waals surface area contributed by atoms with Gasteiger partial charge in [0.25, 0.3) is 5.91 Å². The summed E-state index contributed by atoms with van der Waals surface area (Å²) in [4.78, 5) is 17.1. The molecule has 0 bridgehead atoms. The molecule has 0 atom stereocenters. The lowest BCUT2D eigenvalue weighted by Gasteiger charge is -2.09. The highest BCUT2D eigenvalue weighted by Gasteiger charge is 2.31. The van der Waals surface area contributed by atoms with Gasteiger partial charge in [-0.25, -0.2) is 10.1 Å². The van der Waals surface area contributed by atoms with Crippen molar-refractivity contribution < 1.29 is 22.7 Å². The molecule has 5 aromatic rings. The zero-order valence-electron chi connectivity index (χ0n) is 19.6. The Balaban J connectivity index is 1.49. The molecule has 1 amide bonds. The predicted molar refractivity (Wildman–Crippen MR) is 132 cm³/mol. The number of rotatable bonds is 6. The van der Waals surface area contributed by atoms with E-state index in [4.69, 9.17) is 11.6 Å². The standard InChI is InChI=1S/C24H18ClF3N8O2/c1-35-19-11-6-16(25)12-20(19)36(23(35)29-17-7-9-18(10-8-17)38-24(26,27)28)13-14-2-4-15(5-3-14)21(37)30-22-31-33-34-32-22/h2-12H,13H2,1H3,(H2,30,31,32,33,34,37)/b29-23+. The number of nitrogens with zero attached hydrogens (tertiary/aromatic N) is 6. The number of H-pyrrole nitrogens is 1. The first-order valence-corrected chi connectivity index (χ1v) is 11.4. The topological polar surface area (TPSA) is 115 Å². The highest BCUT2D eigenvalue weighted by Crippen LogP contribution is 2.25. The van der Waals surface area contributed by atoms with Gasteiger partial charge in [0.15, 0.2) is 0 Å². The lowest BCUT2D eigenvalue weighted by molar-refractivity contribution is -0.274. The third kappa shape index (κ3) is 5.52. The van der Waals surface area contributed by atoms with Crippen molar-refractivity contribution in [2.45, 2.75) is 12.9 Å². The van der Waals surface area contributed by atoms with Gasteiger partial charge in [-0.15, -0.1) is 13.2 Å². The summed E-state index contributed by atoms with van der Waals surface area (Å²) >= 11 is 6.28. The maximum Gasteiger partial charge on any atom is 0.573 e. The SMILES string of the molecule is Cn1/c(=N\c2ccc(OC(F)(F)F)cc2)n(Cc2ccc(C(=O)Nc3nnn[nH]3)cc2)c2cc(Cl)ccc21. The van der Waals surface area contributed by atoms with Crippen molar-refractivity contribution in [1.82, 2.24) is 29.8 Å². The molecule has 0 radical (unpaired) electrons. The Morgan fingerprint density at radius 1 is 1.08 bits per heavy atom. The third-order valence-electron chi connectivity index (χ3n) is 5.56. The van der Waals surface area contributed by atoms with E-state index in [-0.39, 0.29) is 17.6 Å². The van der Waals surface area contributed by atoms with Gasteiger partial charge in [-0.05, 0) is 70.6 Å². The van der Waals surface area contributed by atoms with Crippen molar-refractivity contribution in [3.05, 3.63) is 88.5 Å².